The van der Waals surface area contributed by atoms with Crippen LogP contribution in [0.2, 0.25) is 0 Å². The highest BCUT2D eigenvalue weighted by Crippen LogP contribution is 2.29. The minimum Gasteiger partial charge on any atom is -0.393 e. The number of nitrogens with one attached hydrogen (secondary N) is 1. The molecule has 0 aliphatic carbocycles. The van der Waals surface area contributed by atoms with Gasteiger partial charge in [-0.1, -0.05) is 12.1 Å². The van der Waals surface area contributed by atoms with Crippen molar-refractivity contribution in [2.45, 2.75) is 6.92 Å². The van der Waals surface area contributed by atoms with Crippen molar-refractivity contribution >= 4 is 29.0 Å². The predicted molar refractivity (Wildman–Crippen MR) is 107 cm³/mol. The Morgan fingerprint density at radius 1 is 0.926 bits per heavy atom. The van der Waals surface area contributed by atoms with Crippen molar-refractivity contribution in [3.63, 3.8) is 0 Å². The Morgan fingerprint density at radius 2 is 1.74 bits per heavy atom. The molecule has 0 aromatic carbocycles. The van der Waals surface area contributed by atoms with Gasteiger partial charge in [0.1, 0.15) is 23.7 Å². The fourth-order valence-electron chi connectivity index (χ4n) is 3.09. The van der Waals surface area contributed by atoms with Crippen LogP contribution < -0.4 is 20.9 Å². The lowest BCUT2D eigenvalue weighted by Crippen LogP contribution is -2.47. The van der Waals surface area contributed by atoms with E-state index >= 15 is 0 Å². The fraction of sp³-hybridized carbons (Fsp3) is 0.263. The molecule has 8 nitrogen and oxygen atoms in total. The number of nitrogens with two attached hydrogens (primary N) is 1. The maximum Gasteiger partial charge on any atom is 0.160 e. The summed E-state index contributed by atoms with van der Waals surface area (Å²) in [6.45, 7) is 5.37. The summed E-state index contributed by atoms with van der Waals surface area (Å²) in [7, 11) is 0. The van der Waals surface area contributed by atoms with Gasteiger partial charge in [0.05, 0.1) is 0 Å². The molecule has 0 amide bonds. The van der Waals surface area contributed by atoms with Crippen molar-refractivity contribution in [3.05, 3.63) is 54.6 Å². The zero-order chi connectivity index (χ0) is 18.6. The summed E-state index contributed by atoms with van der Waals surface area (Å²) in [5, 5.41) is 3.18. The molecule has 3 N–H and O–H groups in total. The zero-order valence-electron chi connectivity index (χ0n) is 15.2. The first-order chi connectivity index (χ1) is 13.2. The van der Waals surface area contributed by atoms with E-state index in [0.29, 0.717) is 17.3 Å². The highest BCUT2D eigenvalue weighted by molar-refractivity contribution is 5.77. The molecule has 0 unspecified atom stereocenters. The Labute approximate surface area is 158 Å². The predicted octanol–water partition coefficient (Wildman–Crippen LogP) is 2.23. The third-order valence-corrected chi connectivity index (χ3v) is 4.57. The molecule has 1 aliphatic rings. The molecule has 4 heterocycles. The van der Waals surface area contributed by atoms with Crippen LogP contribution in [0.3, 0.4) is 0 Å². The summed E-state index contributed by atoms with van der Waals surface area (Å²) in [5.74, 6) is 3.03. The van der Waals surface area contributed by atoms with Crippen LogP contribution in [-0.4, -0.2) is 46.1 Å². The molecule has 0 radical (unpaired) electrons. The maximum absolute atomic E-state index is 6.35. The number of hydrogen-bond acceptors (Lipinski definition) is 8. The molecule has 4 rings (SSSR count). The first-order valence-electron chi connectivity index (χ1n) is 8.92. The summed E-state index contributed by atoms with van der Waals surface area (Å²) >= 11 is 0. The molecule has 0 atom stereocenters. The van der Waals surface area contributed by atoms with Gasteiger partial charge < -0.3 is 20.9 Å². The van der Waals surface area contributed by atoms with Crippen LogP contribution >= 0.6 is 0 Å². The van der Waals surface area contributed by atoms with Crippen LogP contribution in [0.4, 0.5) is 29.0 Å². The lowest BCUT2D eigenvalue weighted by Gasteiger charge is -2.36. The summed E-state index contributed by atoms with van der Waals surface area (Å²) in [4.78, 5) is 21.9. The second-order valence-corrected chi connectivity index (χ2v) is 6.47. The summed E-state index contributed by atoms with van der Waals surface area (Å²) in [6.07, 6.45) is 5.16. The van der Waals surface area contributed by atoms with Crippen LogP contribution in [0.15, 0.2) is 49.1 Å². The topological polar surface area (TPSA) is 96.1 Å². The molecule has 138 valence electrons. The average Bonchev–Trinajstić information content (AvgIpc) is 2.72. The number of nitrogen functional groups attached to an aromatic ring is 1. The molecule has 0 spiro atoms. The van der Waals surface area contributed by atoms with Gasteiger partial charge in [-0.05, 0) is 30.7 Å². The quantitative estimate of drug-likeness (QED) is 0.729. The summed E-state index contributed by atoms with van der Waals surface area (Å²) < 4.78 is 0. The third-order valence-electron chi connectivity index (χ3n) is 4.57. The number of aromatic nitrogens is 4. The van der Waals surface area contributed by atoms with Crippen molar-refractivity contribution < 1.29 is 0 Å². The minimum atomic E-state index is 0.533. The van der Waals surface area contributed by atoms with Crippen LogP contribution in [0.1, 0.15) is 5.56 Å². The van der Waals surface area contributed by atoms with E-state index < -0.39 is 0 Å². The Hall–Kier alpha value is -3.42. The molecule has 27 heavy (non-hydrogen) atoms. The van der Waals surface area contributed by atoms with Gasteiger partial charge in [0.15, 0.2) is 11.6 Å². The van der Waals surface area contributed by atoms with Crippen molar-refractivity contribution in [3.8, 4) is 0 Å². The zero-order valence-corrected chi connectivity index (χ0v) is 15.2. The van der Waals surface area contributed by atoms with Crippen LogP contribution in [0, 0.1) is 6.92 Å². The molecule has 3 aromatic rings. The Kier molecular flexibility index (Phi) is 4.69. The molecule has 3 aromatic heterocycles. The lowest BCUT2D eigenvalue weighted by molar-refractivity contribution is 0.642. The normalized spacial score (nSPS) is 14.3. The van der Waals surface area contributed by atoms with Crippen LogP contribution in [-0.2, 0) is 0 Å². The maximum atomic E-state index is 6.35. The standard InChI is InChI=1S/C19H22N8/c1-14-5-6-15(22-12-14)25-18-17(20)19(24-13-23-18)27-10-8-26(9-11-27)16-4-2-3-7-21-16/h2-7,12-13H,8-11,20H2,1H3,(H,22,23,24,25). The van der Waals surface area contributed by atoms with Crippen molar-refractivity contribution in [2.24, 2.45) is 0 Å². The van der Waals surface area contributed by atoms with E-state index in [1.807, 2.05) is 43.5 Å². The Balaban J connectivity index is 1.47. The van der Waals surface area contributed by atoms with E-state index in [1.165, 1.54) is 6.33 Å². The van der Waals surface area contributed by atoms with E-state index in [4.69, 9.17) is 5.73 Å². The number of pyridine rings is 2. The van der Waals surface area contributed by atoms with Gasteiger partial charge in [-0.25, -0.2) is 19.9 Å². The van der Waals surface area contributed by atoms with E-state index in [-0.39, 0.29) is 0 Å². The van der Waals surface area contributed by atoms with E-state index in [1.54, 1.807) is 6.20 Å². The SMILES string of the molecule is Cc1ccc(Nc2ncnc(N3CCN(c4ccccn4)CC3)c2N)nc1. The molecule has 0 saturated carbocycles. The molecular weight excluding hydrogens is 340 g/mol. The van der Waals surface area contributed by atoms with Gasteiger partial charge in [0.2, 0.25) is 0 Å². The number of nitrogens with zero attached hydrogens (tertiary/aromatic N) is 6. The molecule has 1 fully saturated rings. The molecule has 1 aliphatic heterocycles. The van der Waals surface area contributed by atoms with Crippen molar-refractivity contribution in [1.29, 1.82) is 0 Å². The van der Waals surface area contributed by atoms with Gasteiger partial charge in [-0.15, -0.1) is 0 Å². The summed E-state index contributed by atoms with van der Waals surface area (Å²) in [5.41, 5.74) is 7.99. The Morgan fingerprint density at radius 3 is 2.44 bits per heavy atom. The van der Waals surface area contributed by atoms with Crippen molar-refractivity contribution in [2.75, 3.05) is 47.0 Å². The first kappa shape index (κ1) is 17.0. The van der Waals surface area contributed by atoms with Crippen LogP contribution in [0.25, 0.3) is 0 Å². The van der Waals surface area contributed by atoms with Crippen molar-refractivity contribution in [1.82, 2.24) is 19.9 Å². The largest absolute Gasteiger partial charge is 0.393 e. The van der Waals surface area contributed by atoms with Gasteiger partial charge in [0, 0.05) is 38.6 Å². The number of rotatable bonds is 4. The molecular formula is C19H22N8. The van der Waals surface area contributed by atoms with Gasteiger partial charge in [-0.3, -0.25) is 0 Å². The second-order valence-electron chi connectivity index (χ2n) is 6.47. The van der Waals surface area contributed by atoms with E-state index in [9.17, 15) is 0 Å². The second kappa shape index (κ2) is 7.45. The lowest BCUT2D eigenvalue weighted by atomic mass is 10.2. The fourth-order valence-corrected chi connectivity index (χ4v) is 3.09. The first-order valence-corrected chi connectivity index (χ1v) is 8.92. The summed E-state index contributed by atoms with van der Waals surface area (Å²) in [6, 6.07) is 9.87. The number of aryl methyl sites for hydroxylation is 1. The monoisotopic (exact) mass is 362 g/mol. The third kappa shape index (κ3) is 3.74. The van der Waals surface area contributed by atoms with E-state index in [2.05, 4.69) is 35.1 Å². The van der Waals surface area contributed by atoms with Gasteiger partial charge in [-0.2, -0.15) is 0 Å². The number of piperazine rings is 1. The highest BCUT2D eigenvalue weighted by Gasteiger charge is 2.22. The highest BCUT2D eigenvalue weighted by atomic mass is 15.3. The molecule has 0 bridgehead atoms. The molecule has 8 heteroatoms. The smallest absolute Gasteiger partial charge is 0.160 e. The van der Waals surface area contributed by atoms with Gasteiger partial charge in [0.25, 0.3) is 0 Å². The van der Waals surface area contributed by atoms with Gasteiger partial charge >= 0.3 is 0 Å². The number of anilines is 5. The minimum absolute atomic E-state index is 0.533. The average molecular weight is 362 g/mol. The van der Waals surface area contributed by atoms with Crippen LogP contribution in [0.5, 0.6) is 0 Å². The van der Waals surface area contributed by atoms with E-state index in [0.717, 1.165) is 43.4 Å². The number of hydrogen-bond donors (Lipinski definition) is 2. The molecule has 1 saturated heterocycles. The Bertz CT molecular complexity index is 889.